The molecule has 1 unspecified atom stereocenters. The van der Waals surface area contributed by atoms with Gasteiger partial charge in [-0.05, 0) is 0 Å². The van der Waals surface area contributed by atoms with E-state index in [-0.39, 0.29) is 0 Å². The Morgan fingerprint density at radius 3 is 1.23 bits per heavy atom. The van der Waals surface area contributed by atoms with Crippen LogP contribution in [0.4, 0.5) is 52.7 Å². The van der Waals surface area contributed by atoms with Gasteiger partial charge in [0, 0.05) is 0 Å². The molecule has 0 bridgehead atoms. The van der Waals surface area contributed by atoms with Crippen molar-refractivity contribution in [1.29, 1.82) is 0 Å². The average Bonchev–Trinajstić information content (AvgIpc) is 2.46. The summed E-state index contributed by atoms with van der Waals surface area (Å²) in [5.74, 6) is -6.72. The highest BCUT2D eigenvalue weighted by molar-refractivity contribution is 4.95. The highest BCUT2D eigenvalue weighted by Gasteiger charge is 2.78. The van der Waals surface area contributed by atoms with E-state index in [1.54, 1.807) is 0 Å². The molecule has 0 fully saturated rings. The van der Waals surface area contributed by atoms with E-state index in [0.717, 1.165) is 0 Å². The van der Waals surface area contributed by atoms with Gasteiger partial charge in [0.2, 0.25) is 0 Å². The van der Waals surface area contributed by atoms with Gasteiger partial charge in [-0.2, -0.15) is 52.7 Å². The molecule has 0 aliphatic heterocycles. The minimum Gasteiger partial charge on any atom is -0.474 e. The number of rotatable bonds is 7. The Morgan fingerprint density at radius 1 is 0.654 bits per heavy atom. The number of halogens is 12. The average molecular weight is 414 g/mol. The number of hydrogen-bond acceptors (Lipinski definition) is 3. The summed E-state index contributed by atoms with van der Waals surface area (Å²) in [6.45, 7) is 6.51. The van der Waals surface area contributed by atoms with Crippen molar-refractivity contribution < 1.29 is 66.9 Å². The van der Waals surface area contributed by atoms with Crippen LogP contribution in [0.25, 0.3) is 0 Å². The van der Waals surface area contributed by atoms with Crippen LogP contribution < -0.4 is 0 Å². The Bertz CT molecular complexity index is 539. The lowest BCUT2D eigenvalue weighted by atomic mass is 10.2. The molecule has 0 heterocycles. The standard InChI is InChI=1S/C7F12O2.C4H6O/c8-1(9)3(12)20-5(14,6(15,16)17)7(18,19)21-4(13)2(10)11;1-3-5-4-2/h;3-4H,1-2H2. The SMILES string of the molecule is C=COC=C.FC(F)=C(F)OC(F)(F)C(F)(OC(F)=C(F)F)C(F)(F)F. The monoisotopic (exact) mass is 414 g/mol. The fourth-order valence-corrected chi connectivity index (χ4v) is 0.729. The van der Waals surface area contributed by atoms with Crippen molar-refractivity contribution in [3.63, 3.8) is 0 Å². The van der Waals surface area contributed by atoms with Crippen LogP contribution >= 0.6 is 0 Å². The Kier molecular flexibility index (Phi) is 9.77. The molecule has 0 spiro atoms. The summed E-state index contributed by atoms with van der Waals surface area (Å²) >= 11 is 0. The molecule has 26 heavy (non-hydrogen) atoms. The molecule has 152 valence electrons. The number of hydrogen-bond donors (Lipinski definition) is 0. The minimum absolute atomic E-state index is 1.31. The zero-order valence-electron chi connectivity index (χ0n) is 11.8. The third-order valence-corrected chi connectivity index (χ3v) is 1.68. The summed E-state index contributed by atoms with van der Waals surface area (Å²) in [7, 11) is 0. The largest absolute Gasteiger partial charge is 0.483 e. The molecule has 0 aliphatic carbocycles. The molecule has 0 amide bonds. The molecule has 0 aromatic rings. The van der Waals surface area contributed by atoms with E-state index in [4.69, 9.17) is 0 Å². The molecule has 0 saturated heterocycles. The maximum Gasteiger partial charge on any atom is 0.483 e. The molecule has 0 N–H and O–H groups in total. The van der Waals surface area contributed by atoms with Crippen LogP contribution in [0, 0.1) is 0 Å². The highest BCUT2D eigenvalue weighted by Crippen LogP contribution is 2.49. The second-order valence-electron chi connectivity index (χ2n) is 3.35. The van der Waals surface area contributed by atoms with Gasteiger partial charge >= 0.3 is 42.3 Å². The van der Waals surface area contributed by atoms with Crippen molar-refractivity contribution in [2.45, 2.75) is 18.1 Å². The maximum absolute atomic E-state index is 13.0. The number of alkyl halides is 6. The van der Waals surface area contributed by atoms with Gasteiger partial charge in [-0.1, -0.05) is 13.2 Å². The molecule has 0 aromatic carbocycles. The van der Waals surface area contributed by atoms with Gasteiger partial charge in [-0.25, -0.2) is 0 Å². The Hall–Kier alpha value is -2.48. The molecular formula is C11H6F12O3. The molecular weight excluding hydrogens is 408 g/mol. The molecule has 0 saturated carbocycles. The molecule has 1 atom stereocenters. The van der Waals surface area contributed by atoms with E-state index < -0.39 is 42.3 Å². The predicted octanol–water partition coefficient (Wildman–Crippen LogP) is 6.20. The zero-order chi connectivity index (χ0) is 21.3. The van der Waals surface area contributed by atoms with Crippen LogP contribution in [0.3, 0.4) is 0 Å². The molecule has 3 nitrogen and oxygen atoms in total. The van der Waals surface area contributed by atoms with E-state index >= 15 is 0 Å². The van der Waals surface area contributed by atoms with Crippen LogP contribution in [0.2, 0.25) is 0 Å². The van der Waals surface area contributed by atoms with E-state index in [1.165, 1.54) is 12.5 Å². The van der Waals surface area contributed by atoms with Crippen molar-refractivity contribution in [2.75, 3.05) is 0 Å². The van der Waals surface area contributed by atoms with Gasteiger partial charge < -0.3 is 14.2 Å². The lowest BCUT2D eigenvalue weighted by molar-refractivity contribution is -0.450. The Morgan fingerprint density at radius 2 is 1.00 bits per heavy atom. The third-order valence-electron chi connectivity index (χ3n) is 1.68. The van der Waals surface area contributed by atoms with Crippen LogP contribution in [0.5, 0.6) is 0 Å². The first-order valence-electron chi connectivity index (χ1n) is 5.37. The number of ether oxygens (including phenoxy) is 3. The van der Waals surface area contributed by atoms with Crippen molar-refractivity contribution in [2.24, 2.45) is 0 Å². The van der Waals surface area contributed by atoms with E-state index in [2.05, 4.69) is 22.6 Å². The Labute approximate surface area is 136 Å². The molecule has 0 rings (SSSR count). The van der Waals surface area contributed by atoms with Gasteiger partial charge in [-0.3, -0.25) is 0 Å². The topological polar surface area (TPSA) is 27.7 Å². The van der Waals surface area contributed by atoms with Gasteiger partial charge in [0.1, 0.15) is 0 Å². The maximum atomic E-state index is 13.0. The van der Waals surface area contributed by atoms with Crippen molar-refractivity contribution in [1.82, 2.24) is 0 Å². The van der Waals surface area contributed by atoms with Crippen molar-refractivity contribution in [3.8, 4) is 0 Å². The summed E-state index contributed by atoms with van der Waals surface area (Å²) in [6.07, 6.45) is -18.5. The minimum atomic E-state index is -6.98. The second kappa shape index (κ2) is 9.86. The quantitative estimate of drug-likeness (QED) is 0.367. The van der Waals surface area contributed by atoms with Crippen molar-refractivity contribution >= 4 is 0 Å². The summed E-state index contributed by atoms with van der Waals surface area (Å²) in [4.78, 5) is 0. The first-order chi connectivity index (χ1) is 11.6. The van der Waals surface area contributed by atoms with Gasteiger partial charge in [0.15, 0.2) is 0 Å². The van der Waals surface area contributed by atoms with E-state index in [1.807, 2.05) is 4.74 Å². The van der Waals surface area contributed by atoms with Gasteiger partial charge in [0.25, 0.3) is 0 Å². The third kappa shape index (κ3) is 7.18. The van der Waals surface area contributed by atoms with Crippen LogP contribution in [-0.4, -0.2) is 18.1 Å². The first kappa shape index (κ1) is 25.8. The summed E-state index contributed by atoms with van der Waals surface area (Å²) in [6, 6.07) is -7.41. The highest BCUT2D eigenvalue weighted by atomic mass is 19.4. The lowest BCUT2D eigenvalue weighted by Gasteiger charge is -2.32. The van der Waals surface area contributed by atoms with E-state index in [0.29, 0.717) is 0 Å². The summed E-state index contributed by atoms with van der Waals surface area (Å²) in [5, 5.41) is 0. The normalized spacial score (nSPS) is 13.2. The summed E-state index contributed by atoms with van der Waals surface area (Å²) in [5.41, 5.74) is 0. The molecule has 0 aliphatic rings. The fraction of sp³-hybridized carbons (Fsp3) is 0.273. The molecule has 15 heteroatoms. The Balaban J connectivity index is 0. The van der Waals surface area contributed by atoms with Crippen LogP contribution in [-0.2, 0) is 14.2 Å². The van der Waals surface area contributed by atoms with Gasteiger partial charge in [-0.15, -0.1) is 0 Å². The summed E-state index contributed by atoms with van der Waals surface area (Å²) < 4.78 is 153. The second-order valence-corrected chi connectivity index (χ2v) is 3.35. The molecule has 0 radical (unpaired) electrons. The van der Waals surface area contributed by atoms with Crippen LogP contribution in [0.15, 0.2) is 49.9 Å². The first-order valence-corrected chi connectivity index (χ1v) is 5.37. The zero-order valence-corrected chi connectivity index (χ0v) is 11.8. The predicted molar refractivity (Wildman–Crippen MR) is 59.2 cm³/mol. The van der Waals surface area contributed by atoms with E-state index in [9.17, 15) is 52.7 Å². The van der Waals surface area contributed by atoms with Gasteiger partial charge in [0.05, 0.1) is 12.5 Å². The fourth-order valence-electron chi connectivity index (χ4n) is 0.729. The van der Waals surface area contributed by atoms with Crippen molar-refractivity contribution in [3.05, 3.63) is 49.9 Å². The lowest BCUT2D eigenvalue weighted by Crippen LogP contribution is -2.58. The molecule has 0 aromatic heterocycles. The van der Waals surface area contributed by atoms with Crippen LogP contribution in [0.1, 0.15) is 0 Å². The smallest absolute Gasteiger partial charge is 0.474 e.